The molecule has 1 saturated carbocycles. The number of alkyl halides is 2. The first-order valence-electron chi connectivity index (χ1n) is 12.7. The van der Waals surface area contributed by atoms with Crippen LogP contribution in [0.3, 0.4) is 0 Å². The third-order valence-corrected chi connectivity index (χ3v) is 7.18. The molecule has 1 aliphatic heterocycles. The molecule has 0 bridgehead atoms. The van der Waals surface area contributed by atoms with Crippen molar-refractivity contribution in [3.63, 3.8) is 0 Å². The van der Waals surface area contributed by atoms with Crippen LogP contribution in [-0.4, -0.2) is 70.6 Å². The molecule has 2 amide bonds. The highest BCUT2D eigenvalue weighted by atomic mass is 19.3. The van der Waals surface area contributed by atoms with E-state index in [0.29, 0.717) is 64.8 Å². The predicted molar refractivity (Wildman–Crippen MR) is 136 cm³/mol. The van der Waals surface area contributed by atoms with Crippen LogP contribution >= 0.6 is 0 Å². The fourth-order valence-electron chi connectivity index (χ4n) is 5.04. The molecule has 1 aliphatic carbocycles. The number of nitrogens with zero attached hydrogens (tertiary/aromatic N) is 3. The summed E-state index contributed by atoms with van der Waals surface area (Å²) in [6.07, 6.45) is 1.47. The van der Waals surface area contributed by atoms with Gasteiger partial charge in [-0.15, -0.1) is 0 Å². The molecule has 3 heterocycles. The van der Waals surface area contributed by atoms with Crippen molar-refractivity contribution in [2.75, 3.05) is 26.9 Å². The zero-order valence-electron chi connectivity index (χ0n) is 21.6. The van der Waals surface area contributed by atoms with E-state index in [4.69, 9.17) is 9.47 Å². The molecule has 2 aliphatic rings. The predicted octanol–water partition coefficient (Wildman–Crippen LogP) is 4.03. The molecule has 0 spiro atoms. The van der Waals surface area contributed by atoms with E-state index in [0.717, 1.165) is 12.8 Å². The molecule has 1 saturated heterocycles. The Labute approximate surface area is 218 Å². The standard InChI is InChI=1S/C27H31F2N5O4/c1-14-8-18(10-34(14)21(35)12-37-3)33-27(36)22-15(2)32-25-23(30-13-31-24(22)25)19-9-17(26(28)29)6-7-20(19)38-11-16-4-5-16/h6-7,9,13-14,16,18,26,32H,4-5,8,10-12H2,1-3H3,(H,33,36)/t14-,18-/m1/s1. The number of hydrogen-bond acceptors (Lipinski definition) is 6. The summed E-state index contributed by atoms with van der Waals surface area (Å²) in [5.41, 5.74) is 2.44. The number of H-pyrrole nitrogens is 1. The minimum Gasteiger partial charge on any atom is -0.493 e. The summed E-state index contributed by atoms with van der Waals surface area (Å²) in [6, 6.07) is 4.03. The topological polar surface area (TPSA) is 109 Å². The number of rotatable bonds is 9. The van der Waals surface area contributed by atoms with Gasteiger partial charge < -0.3 is 24.7 Å². The third-order valence-electron chi connectivity index (χ3n) is 7.18. The van der Waals surface area contributed by atoms with Crippen LogP contribution in [0.25, 0.3) is 22.3 Å². The molecular weight excluding hydrogens is 496 g/mol. The molecule has 3 aromatic rings. The van der Waals surface area contributed by atoms with Crippen LogP contribution < -0.4 is 10.1 Å². The van der Waals surface area contributed by atoms with Gasteiger partial charge in [-0.1, -0.05) is 0 Å². The van der Waals surface area contributed by atoms with E-state index in [2.05, 4.69) is 20.3 Å². The van der Waals surface area contributed by atoms with Crippen molar-refractivity contribution in [1.82, 2.24) is 25.2 Å². The summed E-state index contributed by atoms with van der Waals surface area (Å²) in [4.78, 5) is 39.4. The van der Waals surface area contributed by atoms with Crippen LogP contribution in [0.2, 0.25) is 0 Å². The number of hydrogen-bond donors (Lipinski definition) is 2. The Morgan fingerprint density at radius 3 is 2.76 bits per heavy atom. The van der Waals surface area contributed by atoms with Crippen LogP contribution in [0, 0.1) is 12.8 Å². The second-order valence-electron chi connectivity index (χ2n) is 10.1. The Bertz CT molecular complexity index is 1360. The van der Waals surface area contributed by atoms with Crippen LogP contribution in [0.1, 0.15) is 54.2 Å². The number of aromatic nitrogens is 3. The summed E-state index contributed by atoms with van der Waals surface area (Å²) in [5.74, 6) is 0.483. The maximum Gasteiger partial charge on any atom is 0.263 e. The van der Waals surface area contributed by atoms with Gasteiger partial charge in [-0.05, 0) is 57.2 Å². The van der Waals surface area contributed by atoms with E-state index >= 15 is 0 Å². The first kappa shape index (κ1) is 26.0. The molecule has 2 N–H and O–H groups in total. The number of benzene rings is 1. The number of amides is 2. The van der Waals surface area contributed by atoms with Gasteiger partial charge in [-0.2, -0.15) is 0 Å². The zero-order valence-corrected chi connectivity index (χ0v) is 21.6. The minimum atomic E-state index is -2.65. The Balaban J connectivity index is 1.45. The molecule has 0 unspecified atom stereocenters. The van der Waals surface area contributed by atoms with E-state index in [1.807, 2.05) is 6.92 Å². The second-order valence-corrected chi connectivity index (χ2v) is 10.1. The Morgan fingerprint density at radius 2 is 2.05 bits per heavy atom. The van der Waals surface area contributed by atoms with Gasteiger partial charge in [0.05, 0.1) is 17.7 Å². The van der Waals surface area contributed by atoms with Gasteiger partial charge in [-0.25, -0.2) is 18.7 Å². The van der Waals surface area contributed by atoms with Gasteiger partial charge in [0.2, 0.25) is 5.91 Å². The molecule has 2 fully saturated rings. The minimum absolute atomic E-state index is 0.00855. The van der Waals surface area contributed by atoms with Crippen molar-refractivity contribution in [3.8, 4) is 17.0 Å². The maximum absolute atomic E-state index is 13.6. The number of likely N-dealkylation sites (tertiary alicyclic amines) is 1. The van der Waals surface area contributed by atoms with Crippen molar-refractivity contribution < 1.29 is 27.8 Å². The Kier molecular flexibility index (Phi) is 7.29. The number of carbonyl (C=O) groups is 2. The molecule has 0 radical (unpaired) electrons. The summed E-state index contributed by atoms with van der Waals surface area (Å²) in [7, 11) is 1.47. The number of nitrogens with one attached hydrogen (secondary N) is 2. The lowest BCUT2D eigenvalue weighted by atomic mass is 10.0. The quantitative estimate of drug-likeness (QED) is 0.435. The van der Waals surface area contributed by atoms with E-state index in [1.165, 1.54) is 25.6 Å². The van der Waals surface area contributed by atoms with Gasteiger partial charge in [0.15, 0.2) is 0 Å². The molecule has 2 atom stereocenters. The fraction of sp³-hybridized carbons (Fsp3) is 0.481. The van der Waals surface area contributed by atoms with Gasteiger partial charge in [0.25, 0.3) is 12.3 Å². The van der Waals surface area contributed by atoms with E-state index in [1.54, 1.807) is 17.9 Å². The average molecular weight is 528 g/mol. The molecule has 11 heteroatoms. The van der Waals surface area contributed by atoms with E-state index in [-0.39, 0.29) is 36.1 Å². The lowest BCUT2D eigenvalue weighted by Crippen LogP contribution is -2.40. The normalized spacial score (nSPS) is 19.4. The Hall–Kier alpha value is -3.60. The number of halogens is 2. The highest BCUT2D eigenvalue weighted by molar-refractivity contribution is 6.09. The first-order chi connectivity index (χ1) is 18.3. The first-order valence-corrected chi connectivity index (χ1v) is 12.7. The third kappa shape index (κ3) is 5.20. The maximum atomic E-state index is 13.6. The number of ether oxygens (including phenoxy) is 2. The molecule has 38 heavy (non-hydrogen) atoms. The molecular formula is C27H31F2N5O4. The number of aromatic amines is 1. The van der Waals surface area contributed by atoms with Crippen molar-refractivity contribution >= 4 is 22.8 Å². The summed E-state index contributed by atoms with van der Waals surface area (Å²) >= 11 is 0. The number of methoxy groups -OCH3 is 1. The van der Waals surface area contributed by atoms with Crippen LogP contribution in [0.5, 0.6) is 5.75 Å². The average Bonchev–Trinajstić information content (AvgIpc) is 3.55. The van der Waals surface area contributed by atoms with E-state index < -0.39 is 6.43 Å². The SMILES string of the molecule is COCC(=O)N1C[C@H](NC(=O)c2c(C)[nH]c3c(-c4cc(C(F)F)ccc4OCC4CC4)ncnc23)C[C@H]1C. The fourth-order valence-corrected chi connectivity index (χ4v) is 5.04. The number of aryl methyl sites for hydroxylation is 1. The lowest BCUT2D eigenvalue weighted by molar-refractivity contribution is -0.135. The molecule has 5 rings (SSSR count). The largest absolute Gasteiger partial charge is 0.493 e. The number of fused-ring (bicyclic) bond motifs is 1. The highest BCUT2D eigenvalue weighted by Crippen LogP contribution is 2.38. The molecule has 202 valence electrons. The summed E-state index contributed by atoms with van der Waals surface area (Å²) < 4.78 is 38.1. The van der Waals surface area contributed by atoms with Crippen LogP contribution in [-0.2, 0) is 9.53 Å². The molecule has 9 nitrogen and oxygen atoms in total. The van der Waals surface area contributed by atoms with Gasteiger partial charge in [-0.3, -0.25) is 9.59 Å². The van der Waals surface area contributed by atoms with Gasteiger partial charge in [0, 0.05) is 42.6 Å². The Morgan fingerprint density at radius 1 is 1.26 bits per heavy atom. The van der Waals surface area contributed by atoms with Crippen LogP contribution in [0.4, 0.5) is 8.78 Å². The smallest absolute Gasteiger partial charge is 0.263 e. The lowest BCUT2D eigenvalue weighted by Gasteiger charge is -2.20. The zero-order chi connectivity index (χ0) is 27.0. The molecule has 1 aromatic carbocycles. The summed E-state index contributed by atoms with van der Waals surface area (Å²) in [6.45, 7) is 4.58. The van der Waals surface area contributed by atoms with Crippen molar-refractivity contribution in [2.45, 2.75) is 51.6 Å². The van der Waals surface area contributed by atoms with Crippen LogP contribution in [0.15, 0.2) is 24.5 Å². The molecule has 2 aromatic heterocycles. The second kappa shape index (κ2) is 10.6. The monoisotopic (exact) mass is 527 g/mol. The van der Waals surface area contributed by atoms with Crippen molar-refractivity contribution in [2.24, 2.45) is 5.92 Å². The van der Waals surface area contributed by atoms with E-state index in [9.17, 15) is 18.4 Å². The van der Waals surface area contributed by atoms with Gasteiger partial charge in [0.1, 0.15) is 29.9 Å². The van der Waals surface area contributed by atoms with Crippen molar-refractivity contribution in [1.29, 1.82) is 0 Å². The highest BCUT2D eigenvalue weighted by Gasteiger charge is 2.34. The van der Waals surface area contributed by atoms with Crippen molar-refractivity contribution in [3.05, 3.63) is 41.3 Å². The number of carbonyl (C=O) groups excluding carboxylic acids is 2. The summed E-state index contributed by atoms with van der Waals surface area (Å²) in [5, 5.41) is 3.03. The van der Waals surface area contributed by atoms with Gasteiger partial charge >= 0.3 is 0 Å².